The van der Waals surface area contributed by atoms with Crippen molar-refractivity contribution < 1.29 is 28.1 Å². The number of benzene rings is 1. The molecule has 12 heteroatoms. The molecule has 0 aliphatic heterocycles. The third-order valence-corrected chi connectivity index (χ3v) is 8.63. The number of aliphatic hydroxyl groups excluding tert-OH is 2. The minimum absolute atomic E-state index is 0.00790. The molecule has 40 heavy (non-hydrogen) atoms. The Morgan fingerprint density at radius 2 is 1.90 bits per heavy atom. The fourth-order valence-corrected chi connectivity index (χ4v) is 7.27. The van der Waals surface area contributed by atoms with Crippen LogP contribution >= 0.6 is 0 Å². The van der Waals surface area contributed by atoms with Crippen molar-refractivity contribution in [3.05, 3.63) is 41.6 Å². The van der Waals surface area contributed by atoms with Crippen molar-refractivity contribution in [2.24, 2.45) is 23.2 Å². The number of alkyl halides is 3. The lowest BCUT2D eigenvalue weighted by molar-refractivity contribution is -0.274. The smallest absolute Gasteiger partial charge is 0.405 e. The number of rotatable bonds is 12. The number of anilines is 2. The van der Waals surface area contributed by atoms with Gasteiger partial charge in [0.2, 0.25) is 5.95 Å². The Balaban J connectivity index is 1.23. The first-order valence-electron chi connectivity index (χ1n) is 13.8. The van der Waals surface area contributed by atoms with Crippen molar-refractivity contribution in [3.63, 3.8) is 0 Å². The number of nitrogens with one attached hydrogen (secondary N) is 3. The van der Waals surface area contributed by atoms with E-state index in [1.807, 2.05) is 0 Å². The Morgan fingerprint density at radius 1 is 1.15 bits per heavy atom. The summed E-state index contributed by atoms with van der Waals surface area (Å²) in [7, 11) is 0. The molecule has 3 unspecified atom stereocenters. The van der Waals surface area contributed by atoms with E-state index in [1.165, 1.54) is 37.2 Å². The van der Waals surface area contributed by atoms with Crippen LogP contribution < -0.4 is 20.7 Å². The predicted octanol–water partition coefficient (Wildman–Crippen LogP) is 3.80. The zero-order valence-electron chi connectivity index (χ0n) is 22.1. The normalized spacial score (nSPS) is 27.7. The number of nitrogens with zero attached hydrogens (tertiary/aromatic N) is 3. The molecule has 216 valence electrons. The summed E-state index contributed by atoms with van der Waals surface area (Å²) in [6, 6.07) is 8.35. The van der Waals surface area contributed by atoms with Gasteiger partial charge in [-0.1, -0.05) is 18.2 Å². The quantitative estimate of drug-likeness (QED) is 0.263. The van der Waals surface area contributed by atoms with Crippen LogP contribution in [-0.4, -0.2) is 58.4 Å². The molecule has 9 nitrogen and oxygen atoms in total. The van der Waals surface area contributed by atoms with Crippen LogP contribution in [0.25, 0.3) is 0 Å². The Morgan fingerprint density at radius 3 is 2.60 bits per heavy atom. The van der Waals surface area contributed by atoms with E-state index < -0.39 is 12.5 Å². The number of halogens is 3. The monoisotopic (exact) mass is 560 g/mol. The van der Waals surface area contributed by atoms with Gasteiger partial charge < -0.3 is 30.9 Å². The minimum Gasteiger partial charge on any atom is -0.405 e. The molecule has 5 N–H and O–H groups in total. The number of hydrogen-bond donors (Lipinski definition) is 5. The van der Waals surface area contributed by atoms with E-state index in [-0.39, 0.29) is 30.3 Å². The molecule has 0 saturated heterocycles. The predicted molar refractivity (Wildman–Crippen MR) is 141 cm³/mol. The summed E-state index contributed by atoms with van der Waals surface area (Å²) < 4.78 is 42.4. The first-order valence-corrected chi connectivity index (χ1v) is 13.8. The van der Waals surface area contributed by atoms with Gasteiger partial charge in [0.25, 0.3) is 0 Å². The van der Waals surface area contributed by atoms with Crippen molar-refractivity contribution in [1.29, 1.82) is 5.26 Å². The molecular weight excluding hydrogens is 525 g/mol. The van der Waals surface area contributed by atoms with Crippen LogP contribution in [0.5, 0.6) is 5.75 Å². The molecule has 6 rings (SSSR count). The highest BCUT2D eigenvalue weighted by atomic mass is 19.4. The number of ether oxygens (including phenoxy) is 1. The van der Waals surface area contributed by atoms with Gasteiger partial charge in [-0.2, -0.15) is 10.2 Å². The van der Waals surface area contributed by atoms with Gasteiger partial charge in [0.1, 0.15) is 23.2 Å². The Labute approximate surface area is 231 Å². The number of aromatic nitrogens is 2. The van der Waals surface area contributed by atoms with E-state index >= 15 is 0 Å². The molecule has 4 saturated carbocycles. The second-order valence-corrected chi connectivity index (χ2v) is 11.5. The van der Waals surface area contributed by atoms with Crippen LogP contribution in [0.3, 0.4) is 0 Å². The van der Waals surface area contributed by atoms with E-state index in [9.17, 15) is 23.5 Å². The molecular formula is C28H35F3N6O3. The largest absolute Gasteiger partial charge is 0.573 e. The molecule has 1 heterocycles. The van der Waals surface area contributed by atoms with Gasteiger partial charge in [0, 0.05) is 37.8 Å². The molecule has 6 atom stereocenters. The van der Waals surface area contributed by atoms with Gasteiger partial charge in [-0.15, -0.1) is 13.2 Å². The van der Waals surface area contributed by atoms with Gasteiger partial charge in [-0.05, 0) is 67.8 Å². The number of nitriles is 1. The average molecular weight is 561 g/mol. The minimum atomic E-state index is -4.80. The maximum Gasteiger partial charge on any atom is 0.573 e. The Hall–Kier alpha value is -3.14. The van der Waals surface area contributed by atoms with E-state index in [0.717, 1.165) is 19.3 Å². The fourth-order valence-electron chi connectivity index (χ4n) is 7.27. The summed E-state index contributed by atoms with van der Waals surface area (Å²) in [6.45, 7) is 1.14. The second-order valence-electron chi connectivity index (χ2n) is 11.5. The third kappa shape index (κ3) is 6.59. The van der Waals surface area contributed by atoms with Gasteiger partial charge in [0.05, 0.1) is 12.3 Å². The topological polar surface area (TPSA) is 135 Å². The van der Waals surface area contributed by atoms with Gasteiger partial charge in [-0.3, -0.25) is 0 Å². The van der Waals surface area contributed by atoms with Crippen molar-refractivity contribution in [2.75, 3.05) is 30.3 Å². The summed E-state index contributed by atoms with van der Waals surface area (Å²) in [6.07, 6.45) is 2.02. The molecule has 4 bridgehead atoms. The zero-order valence-corrected chi connectivity index (χ0v) is 22.1. The number of aliphatic hydroxyl groups is 2. The molecule has 4 aliphatic carbocycles. The first kappa shape index (κ1) is 28.4. The van der Waals surface area contributed by atoms with Crippen molar-refractivity contribution in [1.82, 2.24) is 15.3 Å². The van der Waals surface area contributed by atoms with Crippen LogP contribution in [0.2, 0.25) is 0 Å². The maximum absolute atomic E-state index is 12.8. The average Bonchev–Trinajstić information content (AvgIpc) is 2.90. The van der Waals surface area contributed by atoms with E-state index in [4.69, 9.17) is 5.11 Å². The highest BCUT2D eigenvalue weighted by Gasteiger charge is 2.55. The molecule has 0 amide bonds. The van der Waals surface area contributed by atoms with Gasteiger partial charge >= 0.3 is 6.36 Å². The Kier molecular flexibility index (Phi) is 8.35. The fraction of sp³-hybridized carbons (Fsp3) is 0.607. The lowest BCUT2D eigenvalue weighted by atomic mass is 9.48. The number of hydrogen-bond acceptors (Lipinski definition) is 9. The second kappa shape index (κ2) is 11.8. The van der Waals surface area contributed by atoms with Crippen LogP contribution in [-0.2, 0) is 6.54 Å². The molecule has 2 aromatic rings. The van der Waals surface area contributed by atoms with Crippen molar-refractivity contribution >= 4 is 11.8 Å². The highest BCUT2D eigenvalue weighted by molar-refractivity contribution is 5.53. The zero-order chi connectivity index (χ0) is 28.3. The third-order valence-electron chi connectivity index (χ3n) is 8.63. The summed E-state index contributed by atoms with van der Waals surface area (Å²) in [5.41, 5.74) is 0.689. The molecule has 0 radical (unpaired) electrons. The molecule has 1 aromatic heterocycles. The maximum atomic E-state index is 12.8. The van der Waals surface area contributed by atoms with E-state index in [2.05, 4.69) is 36.7 Å². The van der Waals surface area contributed by atoms with E-state index in [0.29, 0.717) is 60.3 Å². The van der Waals surface area contributed by atoms with Crippen LogP contribution in [0.4, 0.5) is 24.9 Å². The summed E-state index contributed by atoms with van der Waals surface area (Å²) in [5.74, 6) is 2.00. The van der Waals surface area contributed by atoms with Crippen LogP contribution in [0.1, 0.15) is 49.7 Å². The van der Waals surface area contributed by atoms with E-state index in [1.54, 1.807) is 6.07 Å². The van der Waals surface area contributed by atoms with Gasteiger partial charge in [-0.25, -0.2) is 4.98 Å². The lowest BCUT2D eigenvalue weighted by Gasteiger charge is -2.60. The molecule has 0 spiro atoms. The highest BCUT2D eigenvalue weighted by Crippen LogP contribution is 2.60. The first-order chi connectivity index (χ1) is 19.2. The van der Waals surface area contributed by atoms with Crippen LogP contribution in [0.15, 0.2) is 30.5 Å². The summed E-state index contributed by atoms with van der Waals surface area (Å²) >= 11 is 0. The molecule has 4 aliphatic rings. The van der Waals surface area contributed by atoms with Crippen LogP contribution in [0, 0.1) is 34.5 Å². The molecule has 4 fully saturated rings. The van der Waals surface area contributed by atoms with Crippen molar-refractivity contribution in [3.8, 4) is 11.8 Å². The summed E-state index contributed by atoms with van der Waals surface area (Å²) in [4.78, 5) is 8.65. The van der Waals surface area contributed by atoms with Crippen molar-refractivity contribution in [2.45, 2.75) is 63.6 Å². The summed E-state index contributed by atoms with van der Waals surface area (Å²) in [5, 5.41) is 38.7. The molecule has 1 aromatic carbocycles. The number of para-hydroxylation sites is 1. The van der Waals surface area contributed by atoms with Gasteiger partial charge in [0.15, 0.2) is 0 Å². The Bertz CT molecular complexity index is 1210. The SMILES string of the molecule is N#Cc1cnc(NCc2ccccc2OC(F)(F)F)nc1NCC12CC3C[C@H](C1)[C@H](NCC(O)CCO)[C@@H](C3)C2. The standard InChI is InChI=1S/C28H35F3N6O3/c29-28(30,31)40-23-4-2-1-3-18(23)13-34-26-35-14-21(12-32)25(37-26)36-16-27-9-17-7-19(10-27)24(20(8-17)11-27)33-15-22(39)5-6-38/h1-4,14,17,19-20,22,24,33,38-39H,5-11,13,15-16H2,(H2,34,35,36,37)/t17?,19-,20+,22?,24+,27?. The lowest BCUT2D eigenvalue weighted by Crippen LogP contribution is -2.60.